The van der Waals surface area contributed by atoms with Crippen LogP contribution in [0.5, 0.6) is 0 Å². The third-order valence-corrected chi connectivity index (χ3v) is 1.34. The van der Waals surface area contributed by atoms with E-state index in [1.54, 1.807) is 6.08 Å². The van der Waals surface area contributed by atoms with E-state index < -0.39 is 0 Å². The lowest BCUT2D eigenvalue weighted by molar-refractivity contribution is 1.25. The number of hydrogen-bond donors (Lipinski definition) is 1. The molecule has 0 spiro atoms. The first kappa shape index (κ1) is 6.81. The fraction of sp³-hybridized carbons (Fsp3) is 0.125. The second-order valence-corrected chi connectivity index (χ2v) is 2.11. The third kappa shape index (κ3) is 1.00. The lowest BCUT2D eigenvalue weighted by Gasteiger charge is -1.86. The van der Waals surface area contributed by atoms with Gasteiger partial charge in [-0.05, 0) is 25.8 Å². The smallest absolute Gasteiger partial charge is 0.0874 e. The maximum absolute atomic E-state index is 3.81. The highest BCUT2D eigenvalue weighted by Gasteiger charge is 1.98. The molecular formula is C8H10N2. The quantitative estimate of drug-likeness (QED) is 0.601. The summed E-state index contributed by atoms with van der Waals surface area (Å²) in [7, 11) is 0. The van der Waals surface area contributed by atoms with Crippen molar-refractivity contribution < 1.29 is 0 Å². The Hall–Kier alpha value is -1.31. The molecule has 0 saturated carbocycles. The molecule has 0 unspecified atom stereocenters. The summed E-state index contributed by atoms with van der Waals surface area (Å²) in [5.41, 5.74) is 2.89. The van der Waals surface area contributed by atoms with Crippen LogP contribution in [0.4, 0.5) is 5.69 Å². The lowest BCUT2D eigenvalue weighted by atomic mass is 10.3. The van der Waals surface area contributed by atoms with Gasteiger partial charge in [0.1, 0.15) is 0 Å². The molecule has 0 aliphatic carbocycles. The summed E-state index contributed by atoms with van der Waals surface area (Å²) in [4.78, 5) is 6.90. The summed E-state index contributed by atoms with van der Waals surface area (Å²) in [6, 6.07) is 1.93. The molecule has 1 aromatic rings. The number of nitrogens with one attached hydrogen (secondary N) is 1. The lowest BCUT2D eigenvalue weighted by Crippen LogP contribution is -1.69. The van der Waals surface area contributed by atoms with Crippen LogP contribution in [0, 0.1) is 6.92 Å². The summed E-state index contributed by atoms with van der Waals surface area (Å²) in [5, 5.41) is 0. The van der Waals surface area contributed by atoms with Crippen molar-refractivity contribution in [2.45, 2.75) is 6.92 Å². The molecule has 0 fully saturated rings. The van der Waals surface area contributed by atoms with Gasteiger partial charge in [-0.15, -0.1) is 0 Å². The molecule has 1 rings (SSSR count). The Morgan fingerprint density at radius 2 is 2.40 bits per heavy atom. The Labute approximate surface area is 60.3 Å². The van der Waals surface area contributed by atoms with Crippen molar-refractivity contribution in [3.8, 4) is 0 Å². The summed E-state index contributed by atoms with van der Waals surface area (Å²) in [6.07, 6.45) is 1.73. The molecule has 0 bridgehead atoms. The Morgan fingerprint density at radius 1 is 1.70 bits per heavy atom. The highest BCUT2D eigenvalue weighted by molar-refractivity contribution is 5.62. The highest BCUT2D eigenvalue weighted by Crippen LogP contribution is 2.19. The summed E-state index contributed by atoms with van der Waals surface area (Å²) < 4.78 is 0. The Balaban J connectivity index is 3.20. The van der Waals surface area contributed by atoms with Crippen LogP contribution in [0.25, 0.3) is 6.08 Å². The number of rotatable bonds is 2. The molecule has 0 saturated heterocycles. The molecule has 1 N–H and O–H groups in total. The van der Waals surface area contributed by atoms with Crippen molar-refractivity contribution in [1.29, 1.82) is 0 Å². The van der Waals surface area contributed by atoms with Crippen LogP contribution < -0.4 is 0 Å². The largest absolute Gasteiger partial charge is 0.357 e. The van der Waals surface area contributed by atoms with Gasteiger partial charge in [-0.1, -0.05) is 6.58 Å². The Kier molecular flexibility index (Phi) is 1.71. The minimum atomic E-state index is 0.868. The van der Waals surface area contributed by atoms with E-state index in [9.17, 15) is 0 Å². The van der Waals surface area contributed by atoms with E-state index in [-0.39, 0.29) is 0 Å². The first-order chi connectivity index (χ1) is 4.77. The number of aromatic nitrogens is 1. The van der Waals surface area contributed by atoms with Crippen LogP contribution >= 0.6 is 0 Å². The maximum Gasteiger partial charge on any atom is 0.0874 e. The maximum atomic E-state index is 3.81. The van der Waals surface area contributed by atoms with Gasteiger partial charge in [0, 0.05) is 5.69 Å². The van der Waals surface area contributed by atoms with E-state index in [4.69, 9.17) is 0 Å². The van der Waals surface area contributed by atoms with Gasteiger partial charge in [0.2, 0.25) is 0 Å². The summed E-state index contributed by atoms with van der Waals surface area (Å²) >= 11 is 0. The fourth-order valence-electron chi connectivity index (χ4n) is 0.882. The topological polar surface area (TPSA) is 28.1 Å². The zero-order chi connectivity index (χ0) is 7.56. The fourth-order valence-corrected chi connectivity index (χ4v) is 0.882. The van der Waals surface area contributed by atoms with E-state index in [1.165, 1.54) is 0 Å². The zero-order valence-electron chi connectivity index (χ0n) is 6.02. The van der Waals surface area contributed by atoms with E-state index in [1.807, 2.05) is 13.0 Å². The van der Waals surface area contributed by atoms with Gasteiger partial charge in [-0.2, -0.15) is 0 Å². The number of aromatic amines is 1. The van der Waals surface area contributed by atoms with Crippen molar-refractivity contribution in [2.24, 2.45) is 4.99 Å². The van der Waals surface area contributed by atoms with E-state index >= 15 is 0 Å². The number of H-pyrrole nitrogens is 1. The number of nitrogens with zero attached hydrogens (tertiary/aromatic N) is 1. The van der Waals surface area contributed by atoms with Crippen LogP contribution in [-0.2, 0) is 0 Å². The summed E-state index contributed by atoms with van der Waals surface area (Å²) in [6.45, 7) is 9.04. The highest BCUT2D eigenvalue weighted by atomic mass is 14.8. The first-order valence-corrected chi connectivity index (χ1v) is 3.06. The number of aliphatic imine (C=N–C) groups is 1. The van der Waals surface area contributed by atoms with Gasteiger partial charge >= 0.3 is 0 Å². The standard InChI is InChI=1S/C8H10N2/c1-4-7-8(9-3)5-6(2)10-7/h4-5,10H,1,3H2,2H3. The molecule has 2 nitrogen and oxygen atoms in total. The molecule has 0 aromatic carbocycles. The molecule has 0 aliphatic rings. The van der Waals surface area contributed by atoms with Gasteiger partial charge in [0.15, 0.2) is 0 Å². The average Bonchev–Trinajstić information content (AvgIpc) is 2.30. The Bertz CT molecular complexity index is 233. The zero-order valence-corrected chi connectivity index (χ0v) is 6.02. The number of aryl methyl sites for hydroxylation is 1. The van der Waals surface area contributed by atoms with Crippen molar-refractivity contribution in [3.63, 3.8) is 0 Å². The molecule has 10 heavy (non-hydrogen) atoms. The molecule has 1 aromatic heterocycles. The second kappa shape index (κ2) is 2.52. The molecule has 2 heteroatoms. The molecule has 0 amide bonds. The van der Waals surface area contributed by atoms with Crippen molar-refractivity contribution >= 4 is 18.5 Å². The van der Waals surface area contributed by atoms with Gasteiger partial charge < -0.3 is 4.98 Å². The second-order valence-electron chi connectivity index (χ2n) is 2.11. The normalized spacial score (nSPS) is 9.30. The van der Waals surface area contributed by atoms with Crippen molar-refractivity contribution in [2.75, 3.05) is 0 Å². The van der Waals surface area contributed by atoms with Crippen molar-refractivity contribution in [3.05, 3.63) is 24.0 Å². The summed E-state index contributed by atoms with van der Waals surface area (Å²) in [5.74, 6) is 0. The van der Waals surface area contributed by atoms with E-state index in [0.717, 1.165) is 17.1 Å². The SMILES string of the molecule is C=Cc1[nH]c(C)cc1N=C. The number of hydrogen-bond acceptors (Lipinski definition) is 1. The van der Waals surface area contributed by atoms with Crippen LogP contribution in [0.1, 0.15) is 11.4 Å². The predicted octanol–water partition coefficient (Wildman–Crippen LogP) is 2.30. The third-order valence-electron chi connectivity index (χ3n) is 1.34. The molecule has 0 radical (unpaired) electrons. The monoisotopic (exact) mass is 134 g/mol. The minimum absolute atomic E-state index is 0.868. The van der Waals surface area contributed by atoms with E-state index in [0.29, 0.717) is 0 Å². The van der Waals surface area contributed by atoms with Gasteiger partial charge in [-0.25, -0.2) is 0 Å². The van der Waals surface area contributed by atoms with Crippen LogP contribution in [0.2, 0.25) is 0 Å². The molecule has 1 heterocycles. The van der Waals surface area contributed by atoms with Gasteiger partial charge in [0.05, 0.1) is 11.4 Å². The molecule has 0 atom stereocenters. The van der Waals surface area contributed by atoms with E-state index in [2.05, 4.69) is 23.3 Å². The van der Waals surface area contributed by atoms with Crippen LogP contribution in [0.15, 0.2) is 17.6 Å². The molecule has 52 valence electrons. The molecule has 0 aliphatic heterocycles. The predicted molar refractivity (Wildman–Crippen MR) is 44.8 cm³/mol. The van der Waals surface area contributed by atoms with Crippen molar-refractivity contribution in [1.82, 2.24) is 4.98 Å². The minimum Gasteiger partial charge on any atom is -0.357 e. The average molecular weight is 134 g/mol. The van der Waals surface area contributed by atoms with Gasteiger partial charge in [-0.3, -0.25) is 4.99 Å². The van der Waals surface area contributed by atoms with Gasteiger partial charge in [0.25, 0.3) is 0 Å². The Morgan fingerprint density at radius 3 is 2.80 bits per heavy atom. The molecular weight excluding hydrogens is 124 g/mol. The van der Waals surface area contributed by atoms with Crippen LogP contribution in [0.3, 0.4) is 0 Å². The first-order valence-electron chi connectivity index (χ1n) is 3.06. The van der Waals surface area contributed by atoms with Crippen LogP contribution in [-0.4, -0.2) is 11.7 Å².